The maximum atomic E-state index is 12.3. The summed E-state index contributed by atoms with van der Waals surface area (Å²) in [7, 11) is 0. The van der Waals surface area contributed by atoms with E-state index in [2.05, 4.69) is 0 Å². The van der Waals surface area contributed by atoms with E-state index in [0.29, 0.717) is 13.0 Å². The van der Waals surface area contributed by atoms with E-state index >= 15 is 0 Å². The van der Waals surface area contributed by atoms with Crippen LogP contribution >= 0.6 is 0 Å². The molecule has 7 nitrogen and oxygen atoms in total. The van der Waals surface area contributed by atoms with E-state index in [-0.39, 0.29) is 38.4 Å². The largest absolute Gasteiger partial charge is 0.479 e. The van der Waals surface area contributed by atoms with E-state index in [0.717, 1.165) is 18.4 Å². The average Bonchev–Trinajstić information content (AvgIpc) is 2.67. The summed E-state index contributed by atoms with van der Waals surface area (Å²) in [4.78, 5) is 39.5. The topological polar surface area (TPSA) is 87.2 Å². The molecule has 7 heteroatoms. The molecule has 0 bridgehead atoms. The summed E-state index contributed by atoms with van der Waals surface area (Å²) in [5.41, 5.74) is -0.301. The molecule has 0 aromatic heterocycles. The molecule has 1 aromatic rings. The van der Waals surface area contributed by atoms with Gasteiger partial charge in [0.15, 0.2) is 0 Å². The zero-order valence-electron chi connectivity index (χ0n) is 14.7. The van der Waals surface area contributed by atoms with Crippen LogP contribution in [0, 0.1) is 0 Å². The lowest BCUT2D eigenvalue weighted by atomic mass is 9.84. The van der Waals surface area contributed by atoms with E-state index in [1.54, 1.807) is 0 Å². The summed E-state index contributed by atoms with van der Waals surface area (Å²) in [6.07, 6.45) is 2.05. The summed E-state index contributed by atoms with van der Waals surface area (Å²) in [6, 6.07) is 9.40. The van der Waals surface area contributed by atoms with Crippen molar-refractivity contribution in [2.45, 2.75) is 44.2 Å². The van der Waals surface area contributed by atoms with Crippen LogP contribution in [0.5, 0.6) is 0 Å². The number of aliphatic carboxylic acids is 1. The van der Waals surface area contributed by atoms with Crippen LogP contribution in [0.25, 0.3) is 0 Å². The summed E-state index contributed by atoms with van der Waals surface area (Å²) < 4.78 is 5.32. The number of likely N-dealkylation sites (tertiary alicyclic amines) is 2. The molecule has 0 spiro atoms. The van der Waals surface area contributed by atoms with Gasteiger partial charge >= 0.3 is 12.1 Å². The molecule has 140 valence electrons. The van der Waals surface area contributed by atoms with Crippen molar-refractivity contribution in [3.8, 4) is 0 Å². The molecule has 2 fully saturated rings. The minimum absolute atomic E-state index is 0.0984. The SMILES string of the molecule is O=C(OCc1ccccc1)N1CCC(C(=O)O)(N2CCCCC2=O)CC1. The first kappa shape index (κ1) is 18.2. The lowest BCUT2D eigenvalue weighted by molar-refractivity contribution is -0.164. The predicted octanol–water partition coefficient (Wildman–Crippen LogP) is 2.25. The van der Waals surface area contributed by atoms with Crippen molar-refractivity contribution in [1.82, 2.24) is 9.80 Å². The Bertz CT molecular complexity index is 668. The minimum atomic E-state index is -1.20. The Balaban J connectivity index is 1.60. The van der Waals surface area contributed by atoms with Crippen molar-refractivity contribution >= 4 is 18.0 Å². The van der Waals surface area contributed by atoms with E-state index in [1.807, 2.05) is 30.3 Å². The van der Waals surface area contributed by atoms with Crippen molar-refractivity contribution in [3.63, 3.8) is 0 Å². The second kappa shape index (κ2) is 7.76. The Morgan fingerprint density at radius 2 is 1.77 bits per heavy atom. The van der Waals surface area contributed by atoms with E-state index in [4.69, 9.17) is 4.74 Å². The molecule has 2 saturated heterocycles. The van der Waals surface area contributed by atoms with Crippen molar-refractivity contribution < 1.29 is 24.2 Å². The van der Waals surface area contributed by atoms with Gasteiger partial charge in [0.2, 0.25) is 5.91 Å². The Kier molecular flexibility index (Phi) is 5.44. The standard InChI is InChI=1S/C19H24N2O5/c22-16-8-4-5-11-21(16)19(17(23)24)9-12-20(13-10-19)18(25)26-14-15-6-2-1-3-7-15/h1-3,6-7H,4-5,8-14H2,(H,23,24). The molecule has 0 radical (unpaired) electrons. The molecule has 0 atom stereocenters. The van der Waals surface area contributed by atoms with Crippen molar-refractivity contribution in [1.29, 1.82) is 0 Å². The van der Waals surface area contributed by atoms with Crippen LogP contribution in [-0.4, -0.2) is 58.0 Å². The Hall–Kier alpha value is -2.57. The third-order valence-corrected chi connectivity index (χ3v) is 5.29. The molecule has 2 amide bonds. The van der Waals surface area contributed by atoms with E-state index < -0.39 is 17.6 Å². The highest BCUT2D eigenvalue weighted by Crippen LogP contribution is 2.32. The Morgan fingerprint density at radius 1 is 1.08 bits per heavy atom. The van der Waals surface area contributed by atoms with Crippen molar-refractivity contribution in [3.05, 3.63) is 35.9 Å². The van der Waals surface area contributed by atoms with Gasteiger partial charge in [0, 0.05) is 26.1 Å². The van der Waals surface area contributed by atoms with Crippen LogP contribution in [0.2, 0.25) is 0 Å². The zero-order valence-corrected chi connectivity index (χ0v) is 14.7. The number of rotatable bonds is 4. The third-order valence-electron chi connectivity index (χ3n) is 5.29. The first-order valence-electron chi connectivity index (χ1n) is 9.02. The monoisotopic (exact) mass is 360 g/mol. The second-order valence-corrected chi connectivity index (χ2v) is 6.87. The van der Waals surface area contributed by atoms with Gasteiger partial charge in [-0.25, -0.2) is 9.59 Å². The number of benzene rings is 1. The highest BCUT2D eigenvalue weighted by Gasteiger charge is 2.49. The molecule has 3 rings (SSSR count). The third kappa shape index (κ3) is 3.66. The molecule has 2 heterocycles. The van der Waals surface area contributed by atoms with Gasteiger partial charge in [0.1, 0.15) is 12.1 Å². The molecule has 2 aliphatic rings. The lowest BCUT2D eigenvalue weighted by Crippen LogP contribution is -2.63. The van der Waals surface area contributed by atoms with E-state index in [1.165, 1.54) is 9.80 Å². The molecule has 2 aliphatic heterocycles. The number of carbonyl (C=O) groups excluding carboxylic acids is 2. The first-order valence-corrected chi connectivity index (χ1v) is 9.02. The average molecular weight is 360 g/mol. The number of hydrogen-bond donors (Lipinski definition) is 1. The molecule has 1 N–H and O–H groups in total. The van der Waals surface area contributed by atoms with Gasteiger partial charge in [-0.3, -0.25) is 4.79 Å². The van der Waals surface area contributed by atoms with Gasteiger partial charge in [0.05, 0.1) is 0 Å². The molecule has 0 saturated carbocycles. The predicted molar refractivity (Wildman–Crippen MR) is 93.4 cm³/mol. The van der Waals surface area contributed by atoms with Crippen LogP contribution in [0.4, 0.5) is 4.79 Å². The smallest absolute Gasteiger partial charge is 0.410 e. The van der Waals surface area contributed by atoms with Gasteiger partial charge in [-0.05, 0) is 31.2 Å². The molecular formula is C19H24N2O5. The second-order valence-electron chi connectivity index (χ2n) is 6.87. The molecule has 1 aromatic carbocycles. The van der Waals surface area contributed by atoms with Gasteiger partial charge in [0.25, 0.3) is 0 Å². The quantitative estimate of drug-likeness (QED) is 0.890. The number of carbonyl (C=O) groups is 3. The minimum Gasteiger partial charge on any atom is -0.479 e. The summed E-state index contributed by atoms with van der Waals surface area (Å²) in [5, 5.41) is 9.81. The van der Waals surface area contributed by atoms with Gasteiger partial charge in [-0.1, -0.05) is 30.3 Å². The number of piperidine rings is 2. The van der Waals surface area contributed by atoms with Crippen LogP contribution < -0.4 is 0 Å². The van der Waals surface area contributed by atoms with Crippen LogP contribution in [0.3, 0.4) is 0 Å². The Labute approximate surface area is 152 Å². The molecule has 0 aliphatic carbocycles. The highest BCUT2D eigenvalue weighted by molar-refractivity contribution is 5.88. The summed E-state index contributed by atoms with van der Waals surface area (Å²) >= 11 is 0. The summed E-state index contributed by atoms with van der Waals surface area (Å²) in [5.74, 6) is -1.08. The van der Waals surface area contributed by atoms with Crippen LogP contribution in [0.15, 0.2) is 30.3 Å². The fourth-order valence-corrected chi connectivity index (χ4v) is 3.73. The highest BCUT2D eigenvalue weighted by atomic mass is 16.6. The zero-order chi connectivity index (χ0) is 18.6. The molecule has 0 unspecified atom stereocenters. The molecular weight excluding hydrogens is 336 g/mol. The van der Waals surface area contributed by atoms with E-state index in [9.17, 15) is 19.5 Å². The number of ether oxygens (including phenoxy) is 1. The van der Waals surface area contributed by atoms with Crippen molar-refractivity contribution in [2.75, 3.05) is 19.6 Å². The number of carboxylic acids is 1. The van der Waals surface area contributed by atoms with Gasteiger partial charge in [-0.2, -0.15) is 0 Å². The number of carboxylic acid groups (broad SMARTS) is 1. The number of hydrogen-bond acceptors (Lipinski definition) is 4. The fourth-order valence-electron chi connectivity index (χ4n) is 3.73. The lowest BCUT2D eigenvalue weighted by Gasteiger charge is -2.46. The number of amides is 2. The molecule has 26 heavy (non-hydrogen) atoms. The summed E-state index contributed by atoms with van der Waals surface area (Å²) in [6.45, 7) is 1.20. The maximum Gasteiger partial charge on any atom is 0.410 e. The first-order chi connectivity index (χ1) is 12.5. The van der Waals surface area contributed by atoms with Gasteiger partial charge in [-0.15, -0.1) is 0 Å². The number of nitrogens with zero attached hydrogens (tertiary/aromatic N) is 2. The van der Waals surface area contributed by atoms with Crippen molar-refractivity contribution in [2.24, 2.45) is 0 Å². The maximum absolute atomic E-state index is 12.3. The van der Waals surface area contributed by atoms with Gasteiger partial charge < -0.3 is 19.6 Å². The normalized spacial score (nSPS) is 19.9. The van der Waals surface area contributed by atoms with Crippen LogP contribution in [-0.2, 0) is 20.9 Å². The Morgan fingerprint density at radius 3 is 2.38 bits per heavy atom. The van der Waals surface area contributed by atoms with Crippen LogP contribution in [0.1, 0.15) is 37.7 Å². The fraction of sp³-hybridized carbons (Fsp3) is 0.526.